The number of rotatable bonds is 8. The van der Waals surface area contributed by atoms with Crippen molar-refractivity contribution in [1.29, 1.82) is 0 Å². The van der Waals surface area contributed by atoms with Gasteiger partial charge in [0, 0.05) is 22.8 Å². The first-order valence-electron chi connectivity index (χ1n) is 13.2. The average Bonchev–Trinajstić information content (AvgIpc) is 3.05. The lowest BCUT2D eigenvalue weighted by Crippen LogP contribution is -2.15. The van der Waals surface area contributed by atoms with Gasteiger partial charge in [0.15, 0.2) is 17.5 Å². The minimum atomic E-state index is -0.690. The maximum absolute atomic E-state index is 13.1. The third-order valence-corrected chi connectivity index (χ3v) is 6.51. The molecule has 7 nitrogen and oxygen atoms in total. The second-order valence-corrected chi connectivity index (χ2v) is 9.34. The zero-order valence-electron chi connectivity index (χ0n) is 22.2. The van der Waals surface area contributed by atoms with Gasteiger partial charge in [0.1, 0.15) is 17.2 Å². The first kappa shape index (κ1) is 26.3. The van der Waals surface area contributed by atoms with Gasteiger partial charge in [0.2, 0.25) is 11.6 Å². The molecular formula is C35H23N3O4. The van der Waals surface area contributed by atoms with Crippen molar-refractivity contribution in [1.82, 2.24) is 15.0 Å². The van der Waals surface area contributed by atoms with Gasteiger partial charge < -0.3 is 9.84 Å². The molecule has 6 rings (SSSR count). The molecule has 202 valence electrons. The molecular weight excluding hydrogens is 526 g/mol. The standard InChI is InChI=1S/C35H23N3O4/c39-29-22-26(42-30-19-11-10-18-28(30)32(41)31(40)23-12-4-1-5-13-23)20-21-27(29)35-37-33(24-14-6-2-7-15-24)36-34(38-35)25-16-8-3-9-17-25/h1-22,39H. The number of ether oxygens (including phenoxy) is 1. The Morgan fingerprint density at radius 2 is 1.07 bits per heavy atom. The predicted octanol–water partition coefficient (Wildman–Crippen LogP) is 7.44. The van der Waals surface area contributed by atoms with Crippen molar-refractivity contribution >= 4 is 11.6 Å². The first-order chi connectivity index (χ1) is 20.6. The molecule has 42 heavy (non-hydrogen) atoms. The third-order valence-electron chi connectivity index (χ3n) is 6.51. The Hall–Kier alpha value is -5.95. The molecule has 0 fully saturated rings. The van der Waals surface area contributed by atoms with Gasteiger partial charge in [-0.2, -0.15) is 0 Å². The normalized spacial score (nSPS) is 10.7. The van der Waals surface area contributed by atoms with Gasteiger partial charge in [0.25, 0.3) is 0 Å². The lowest BCUT2D eigenvalue weighted by atomic mass is 10.0. The number of para-hydroxylation sites is 1. The summed E-state index contributed by atoms with van der Waals surface area (Å²) in [6.45, 7) is 0. The Morgan fingerprint density at radius 3 is 1.67 bits per heavy atom. The third kappa shape index (κ3) is 5.52. The van der Waals surface area contributed by atoms with Crippen LogP contribution >= 0.6 is 0 Å². The van der Waals surface area contributed by atoms with Crippen molar-refractivity contribution in [2.45, 2.75) is 0 Å². The topological polar surface area (TPSA) is 102 Å². The van der Waals surface area contributed by atoms with Crippen molar-refractivity contribution in [3.05, 3.63) is 145 Å². The van der Waals surface area contributed by atoms with Crippen LogP contribution in [-0.4, -0.2) is 31.6 Å². The van der Waals surface area contributed by atoms with E-state index in [1.807, 2.05) is 60.7 Å². The summed E-state index contributed by atoms with van der Waals surface area (Å²) in [5, 5.41) is 11.1. The lowest BCUT2D eigenvalue weighted by molar-refractivity contribution is 0.0815. The van der Waals surface area contributed by atoms with Crippen molar-refractivity contribution in [2.24, 2.45) is 0 Å². The van der Waals surface area contributed by atoms with Crippen molar-refractivity contribution in [3.8, 4) is 51.4 Å². The van der Waals surface area contributed by atoms with E-state index in [1.54, 1.807) is 60.7 Å². The van der Waals surface area contributed by atoms with Gasteiger partial charge in [-0.15, -0.1) is 0 Å². The monoisotopic (exact) mass is 549 g/mol. The van der Waals surface area contributed by atoms with Crippen LogP contribution in [0.1, 0.15) is 20.7 Å². The second kappa shape index (κ2) is 11.7. The van der Waals surface area contributed by atoms with Gasteiger partial charge in [-0.05, 0) is 24.3 Å². The molecule has 1 aromatic heterocycles. The molecule has 0 amide bonds. The molecule has 5 aromatic carbocycles. The Labute approximate surface area is 241 Å². The molecule has 6 aromatic rings. The molecule has 1 N–H and O–H groups in total. The number of aromatic hydroxyl groups is 1. The number of aromatic nitrogens is 3. The van der Waals surface area contributed by atoms with Gasteiger partial charge in [-0.25, -0.2) is 15.0 Å². The second-order valence-electron chi connectivity index (χ2n) is 9.34. The van der Waals surface area contributed by atoms with E-state index in [0.717, 1.165) is 11.1 Å². The van der Waals surface area contributed by atoms with Crippen molar-refractivity contribution in [2.75, 3.05) is 0 Å². The molecule has 1 heterocycles. The summed E-state index contributed by atoms with van der Waals surface area (Å²) in [4.78, 5) is 39.8. The van der Waals surface area contributed by atoms with Crippen LogP contribution in [0.15, 0.2) is 133 Å². The molecule has 0 aliphatic rings. The summed E-state index contributed by atoms with van der Waals surface area (Å²) >= 11 is 0. The van der Waals surface area contributed by atoms with Gasteiger partial charge in [-0.1, -0.05) is 103 Å². The Kier molecular flexibility index (Phi) is 7.29. The molecule has 0 radical (unpaired) electrons. The molecule has 7 heteroatoms. The van der Waals surface area contributed by atoms with E-state index in [2.05, 4.69) is 15.0 Å². The van der Waals surface area contributed by atoms with Gasteiger partial charge >= 0.3 is 0 Å². The number of hydrogen-bond acceptors (Lipinski definition) is 7. The SMILES string of the molecule is O=C(C(=O)c1ccccc1Oc1ccc(-c2nc(-c3ccccc3)nc(-c3ccccc3)n2)c(O)c1)c1ccccc1. The summed E-state index contributed by atoms with van der Waals surface area (Å²) in [5.74, 6) is 0.232. The predicted molar refractivity (Wildman–Crippen MR) is 159 cm³/mol. The largest absolute Gasteiger partial charge is 0.507 e. The number of benzene rings is 5. The molecule has 0 saturated heterocycles. The van der Waals surface area contributed by atoms with E-state index in [1.165, 1.54) is 12.1 Å². The Bertz CT molecular complexity index is 1840. The molecule has 0 saturated carbocycles. The maximum atomic E-state index is 13.1. The molecule has 0 spiro atoms. The van der Waals surface area contributed by atoms with E-state index in [4.69, 9.17) is 4.74 Å². The number of Topliss-reactive ketones (excluding diaryl/α,β-unsaturated/α-hetero) is 2. The quantitative estimate of drug-likeness (QED) is 0.155. The summed E-state index contributed by atoms with van der Waals surface area (Å²) in [5.41, 5.74) is 2.41. The van der Waals surface area contributed by atoms with E-state index in [-0.39, 0.29) is 28.6 Å². The van der Waals surface area contributed by atoms with E-state index >= 15 is 0 Å². The summed E-state index contributed by atoms with van der Waals surface area (Å²) in [7, 11) is 0. The fourth-order valence-electron chi connectivity index (χ4n) is 4.41. The fourth-order valence-corrected chi connectivity index (χ4v) is 4.41. The highest BCUT2D eigenvalue weighted by Gasteiger charge is 2.22. The van der Waals surface area contributed by atoms with Crippen LogP contribution < -0.4 is 4.74 Å². The highest BCUT2D eigenvalue weighted by Crippen LogP contribution is 2.35. The van der Waals surface area contributed by atoms with Crippen LogP contribution in [0.25, 0.3) is 34.2 Å². The smallest absolute Gasteiger partial charge is 0.237 e. The van der Waals surface area contributed by atoms with Crippen LogP contribution in [0, 0.1) is 0 Å². The molecule has 0 unspecified atom stereocenters. The minimum absolute atomic E-state index is 0.118. The number of carbonyl (C=O) groups excluding carboxylic acids is 2. The van der Waals surface area contributed by atoms with Gasteiger partial charge in [0.05, 0.1) is 11.1 Å². The lowest BCUT2D eigenvalue weighted by Gasteiger charge is -2.12. The molecule has 0 atom stereocenters. The number of nitrogens with zero attached hydrogens (tertiary/aromatic N) is 3. The summed E-state index contributed by atoms with van der Waals surface area (Å²) < 4.78 is 5.99. The fraction of sp³-hybridized carbons (Fsp3) is 0. The van der Waals surface area contributed by atoms with E-state index in [0.29, 0.717) is 22.8 Å². The first-order valence-corrected chi connectivity index (χ1v) is 13.2. The molecule has 0 aliphatic heterocycles. The molecule has 0 bridgehead atoms. The van der Waals surface area contributed by atoms with E-state index < -0.39 is 11.6 Å². The van der Waals surface area contributed by atoms with Crippen LogP contribution in [-0.2, 0) is 0 Å². The minimum Gasteiger partial charge on any atom is -0.507 e. The highest BCUT2D eigenvalue weighted by atomic mass is 16.5. The zero-order chi connectivity index (χ0) is 28.9. The number of phenolic OH excluding ortho intramolecular Hbond substituents is 1. The summed E-state index contributed by atoms with van der Waals surface area (Å²) in [6, 6.07) is 38.6. The number of ketones is 2. The van der Waals surface area contributed by atoms with E-state index in [9.17, 15) is 14.7 Å². The van der Waals surface area contributed by atoms with Crippen LogP contribution in [0.4, 0.5) is 0 Å². The number of phenols is 1. The maximum Gasteiger partial charge on any atom is 0.237 e. The van der Waals surface area contributed by atoms with Crippen molar-refractivity contribution in [3.63, 3.8) is 0 Å². The Balaban J connectivity index is 1.33. The van der Waals surface area contributed by atoms with Crippen molar-refractivity contribution < 1.29 is 19.4 Å². The number of hydrogen-bond donors (Lipinski definition) is 1. The van der Waals surface area contributed by atoms with Crippen LogP contribution in [0.3, 0.4) is 0 Å². The highest BCUT2D eigenvalue weighted by molar-refractivity contribution is 6.49. The van der Waals surface area contributed by atoms with Crippen LogP contribution in [0.5, 0.6) is 17.2 Å². The number of carbonyl (C=O) groups is 2. The Morgan fingerprint density at radius 1 is 0.548 bits per heavy atom. The van der Waals surface area contributed by atoms with Gasteiger partial charge in [-0.3, -0.25) is 9.59 Å². The summed E-state index contributed by atoms with van der Waals surface area (Å²) in [6.07, 6.45) is 0. The van der Waals surface area contributed by atoms with Crippen LogP contribution in [0.2, 0.25) is 0 Å². The molecule has 0 aliphatic carbocycles. The average molecular weight is 550 g/mol. The zero-order valence-corrected chi connectivity index (χ0v) is 22.2.